The van der Waals surface area contributed by atoms with Gasteiger partial charge in [0, 0.05) is 13.0 Å². The van der Waals surface area contributed by atoms with Crippen LogP contribution < -0.4 is 16.0 Å². The Hall–Kier alpha value is -2.58. The predicted molar refractivity (Wildman–Crippen MR) is 107 cm³/mol. The molecular weight excluding hydrogens is 384 g/mol. The van der Waals surface area contributed by atoms with Gasteiger partial charge in [-0.3, -0.25) is 29.4 Å². The highest BCUT2D eigenvalue weighted by Gasteiger charge is 2.45. The van der Waals surface area contributed by atoms with E-state index in [4.69, 9.17) is 0 Å². The Morgan fingerprint density at radius 2 is 1.90 bits per heavy atom. The highest BCUT2D eigenvalue weighted by Crippen LogP contribution is 2.39. The number of carbonyl (C=O) groups is 4. The molecule has 4 unspecified atom stereocenters. The lowest BCUT2D eigenvalue weighted by Gasteiger charge is -2.27. The number of fused-ring (bicyclic) bond motifs is 2. The first kappa shape index (κ1) is 19.4. The van der Waals surface area contributed by atoms with Gasteiger partial charge in [0.1, 0.15) is 6.04 Å². The number of hydrogen-bond donors (Lipinski definition) is 3. The first-order chi connectivity index (χ1) is 14.5. The average Bonchev–Trinajstić information content (AvgIpc) is 3.39. The number of rotatable bonds is 5. The molecule has 8 heteroatoms. The summed E-state index contributed by atoms with van der Waals surface area (Å²) in [5.41, 5.74) is 1.50. The first-order valence-electron chi connectivity index (χ1n) is 10.8. The van der Waals surface area contributed by atoms with Crippen molar-refractivity contribution in [2.45, 2.75) is 38.3 Å². The summed E-state index contributed by atoms with van der Waals surface area (Å²) in [5, 5.41) is 9.21. The van der Waals surface area contributed by atoms with Gasteiger partial charge in [-0.1, -0.05) is 12.1 Å². The van der Waals surface area contributed by atoms with Crippen molar-refractivity contribution in [2.24, 2.45) is 17.8 Å². The SMILES string of the molecule is O=C1CCC(N2C(=O)c3cccc(CNCC4CCC5CNCC45)c3C2=O)C(=O)N1. The second kappa shape index (κ2) is 7.59. The fourth-order valence-corrected chi connectivity index (χ4v) is 5.64. The van der Waals surface area contributed by atoms with Crippen LogP contribution in [0.25, 0.3) is 0 Å². The fraction of sp³-hybridized carbons (Fsp3) is 0.545. The number of nitrogens with one attached hydrogen (secondary N) is 3. The molecule has 4 amide bonds. The van der Waals surface area contributed by atoms with Crippen LogP contribution in [0.15, 0.2) is 18.2 Å². The lowest BCUT2D eigenvalue weighted by Crippen LogP contribution is -2.54. The smallest absolute Gasteiger partial charge is 0.262 e. The van der Waals surface area contributed by atoms with Gasteiger partial charge in [-0.05, 0) is 68.3 Å². The number of amides is 4. The molecule has 30 heavy (non-hydrogen) atoms. The largest absolute Gasteiger partial charge is 0.316 e. The topological polar surface area (TPSA) is 108 Å². The van der Waals surface area contributed by atoms with Gasteiger partial charge in [0.05, 0.1) is 11.1 Å². The third kappa shape index (κ3) is 3.15. The highest BCUT2D eigenvalue weighted by atomic mass is 16.2. The molecule has 0 aromatic heterocycles. The summed E-state index contributed by atoms with van der Waals surface area (Å²) < 4.78 is 0. The maximum absolute atomic E-state index is 13.1. The minimum Gasteiger partial charge on any atom is -0.316 e. The Labute approximate surface area is 174 Å². The Morgan fingerprint density at radius 1 is 1.03 bits per heavy atom. The molecule has 1 aromatic rings. The summed E-state index contributed by atoms with van der Waals surface area (Å²) >= 11 is 0. The standard InChI is InChI=1S/C22H26N4O4/c27-18-7-6-17(20(28)25-18)26-21(29)15-3-1-2-14(19(15)22(26)30)10-23-8-12-4-5-13-9-24-11-16(12)13/h1-3,12-13,16-17,23-24H,4-11H2,(H,25,27,28). The third-order valence-electron chi connectivity index (χ3n) is 7.18. The molecule has 4 atom stereocenters. The Kier molecular flexibility index (Phi) is 4.91. The molecular formula is C22H26N4O4. The molecule has 3 heterocycles. The molecule has 3 aliphatic heterocycles. The van der Waals surface area contributed by atoms with E-state index in [1.165, 1.54) is 12.8 Å². The maximum atomic E-state index is 13.1. The Morgan fingerprint density at radius 3 is 2.73 bits per heavy atom. The highest BCUT2D eigenvalue weighted by molar-refractivity contribution is 6.24. The van der Waals surface area contributed by atoms with E-state index in [9.17, 15) is 19.2 Å². The minimum atomic E-state index is -0.929. The molecule has 0 spiro atoms. The predicted octanol–water partition coefficient (Wildman–Crippen LogP) is 0.423. The Bertz CT molecular complexity index is 930. The Balaban J connectivity index is 1.30. The van der Waals surface area contributed by atoms with Crippen LogP contribution in [0, 0.1) is 17.8 Å². The van der Waals surface area contributed by atoms with Gasteiger partial charge in [0.2, 0.25) is 11.8 Å². The summed E-state index contributed by atoms with van der Waals surface area (Å²) in [6, 6.07) is 4.35. The number of imide groups is 2. The molecule has 1 saturated carbocycles. The zero-order valence-corrected chi connectivity index (χ0v) is 16.8. The van der Waals surface area contributed by atoms with Crippen molar-refractivity contribution < 1.29 is 19.2 Å². The van der Waals surface area contributed by atoms with Crippen LogP contribution in [-0.4, -0.2) is 54.2 Å². The van der Waals surface area contributed by atoms with E-state index in [1.54, 1.807) is 12.1 Å². The summed E-state index contributed by atoms with van der Waals surface area (Å²) in [7, 11) is 0. The lowest BCUT2D eigenvalue weighted by molar-refractivity contribution is -0.136. The summed E-state index contributed by atoms with van der Waals surface area (Å²) in [6.07, 6.45) is 2.80. The normalized spacial score (nSPS) is 30.6. The molecule has 1 aliphatic carbocycles. The van der Waals surface area contributed by atoms with Crippen LogP contribution in [-0.2, 0) is 16.1 Å². The fourth-order valence-electron chi connectivity index (χ4n) is 5.64. The molecule has 5 rings (SSSR count). The number of piperidine rings is 1. The number of nitrogens with zero attached hydrogens (tertiary/aromatic N) is 1. The minimum absolute atomic E-state index is 0.122. The molecule has 1 aromatic carbocycles. The van der Waals surface area contributed by atoms with E-state index in [0.717, 1.165) is 41.9 Å². The molecule has 3 fully saturated rings. The second-order valence-corrected chi connectivity index (χ2v) is 8.84. The van der Waals surface area contributed by atoms with Crippen LogP contribution in [0.3, 0.4) is 0 Å². The summed E-state index contributed by atoms with van der Waals surface area (Å²) in [5.74, 6) is 0.305. The van der Waals surface area contributed by atoms with Crippen molar-refractivity contribution in [1.82, 2.24) is 20.9 Å². The van der Waals surface area contributed by atoms with Gasteiger partial charge < -0.3 is 10.6 Å². The summed E-state index contributed by atoms with van der Waals surface area (Å²) in [4.78, 5) is 50.7. The average molecular weight is 410 g/mol. The van der Waals surface area contributed by atoms with Crippen molar-refractivity contribution in [1.29, 1.82) is 0 Å². The number of carbonyl (C=O) groups excluding carboxylic acids is 4. The molecule has 4 aliphatic rings. The molecule has 0 radical (unpaired) electrons. The van der Waals surface area contributed by atoms with Crippen molar-refractivity contribution >= 4 is 23.6 Å². The van der Waals surface area contributed by atoms with E-state index in [0.29, 0.717) is 23.6 Å². The van der Waals surface area contributed by atoms with Crippen molar-refractivity contribution in [3.05, 3.63) is 34.9 Å². The van der Waals surface area contributed by atoms with Crippen LogP contribution in [0.5, 0.6) is 0 Å². The van der Waals surface area contributed by atoms with Gasteiger partial charge in [-0.15, -0.1) is 0 Å². The number of hydrogen-bond acceptors (Lipinski definition) is 6. The van der Waals surface area contributed by atoms with E-state index in [-0.39, 0.29) is 18.7 Å². The summed E-state index contributed by atoms with van der Waals surface area (Å²) in [6.45, 7) is 3.62. The van der Waals surface area contributed by atoms with E-state index < -0.39 is 23.8 Å². The first-order valence-corrected chi connectivity index (χ1v) is 10.8. The molecule has 3 N–H and O–H groups in total. The molecule has 8 nitrogen and oxygen atoms in total. The van der Waals surface area contributed by atoms with E-state index in [1.807, 2.05) is 6.07 Å². The maximum Gasteiger partial charge on any atom is 0.262 e. The molecule has 0 bridgehead atoms. The van der Waals surface area contributed by atoms with Crippen LogP contribution in [0.4, 0.5) is 0 Å². The number of benzene rings is 1. The van der Waals surface area contributed by atoms with Crippen LogP contribution in [0.2, 0.25) is 0 Å². The van der Waals surface area contributed by atoms with Crippen LogP contribution >= 0.6 is 0 Å². The van der Waals surface area contributed by atoms with Crippen molar-refractivity contribution in [2.75, 3.05) is 19.6 Å². The molecule has 2 saturated heterocycles. The van der Waals surface area contributed by atoms with Crippen molar-refractivity contribution in [3.63, 3.8) is 0 Å². The third-order valence-corrected chi connectivity index (χ3v) is 7.18. The second-order valence-electron chi connectivity index (χ2n) is 8.84. The van der Waals surface area contributed by atoms with Gasteiger partial charge in [0.15, 0.2) is 0 Å². The van der Waals surface area contributed by atoms with Crippen molar-refractivity contribution in [3.8, 4) is 0 Å². The van der Waals surface area contributed by atoms with Crippen LogP contribution in [0.1, 0.15) is 52.0 Å². The monoisotopic (exact) mass is 410 g/mol. The van der Waals surface area contributed by atoms with E-state index in [2.05, 4.69) is 16.0 Å². The quantitative estimate of drug-likeness (QED) is 0.608. The lowest BCUT2D eigenvalue weighted by atomic mass is 9.92. The zero-order valence-electron chi connectivity index (χ0n) is 16.8. The van der Waals surface area contributed by atoms with Gasteiger partial charge >= 0.3 is 0 Å². The molecule has 158 valence electrons. The van der Waals surface area contributed by atoms with Gasteiger partial charge in [0.25, 0.3) is 11.8 Å². The zero-order chi connectivity index (χ0) is 20.8. The van der Waals surface area contributed by atoms with Gasteiger partial charge in [-0.2, -0.15) is 0 Å². The van der Waals surface area contributed by atoms with E-state index >= 15 is 0 Å². The van der Waals surface area contributed by atoms with Gasteiger partial charge in [-0.25, -0.2) is 0 Å².